The molecule has 2 aromatic rings. The van der Waals surface area contributed by atoms with E-state index in [2.05, 4.69) is 5.32 Å². The van der Waals surface area contributed by atoms with Crippen molar-refractivity contribution >= 4 is 29.7 Å². The van der Waals surface area contributed by atoms with Crippen molar-refractivity contribution < 1.29 is 18.7 Å². The van der Waals surface area contributed by atoms with Gasteiger partial charge in [0.05, 0.1) is 11.5 Å². The van der Waals surface area contributed by atoms with Crippen molar-refractivity contribution in [2.45, 2.75) is 43.5 Å². The molecule has 1 saturated carbocycles. The van der Waals surface area contributed by atoms with Gasteiger partial charge in [-0.2, -0.15) is 0 Å². The molecule has 2 aliphatic rings. The molecule has 0 radical (unpaired) electrons. The maximum absolute atomic E-state index is 14.3. The minimum atomic E-state index is -0.277. The van der Waals surface area contributed by atoms with Gasteiger partial charge < -0.3 is 15.0 Å². The predicted molar refractivity (Wildman–Crippen MR) is 129 cm³/mol. The van der Waals surface area contributed by atoms with E-state index in [1.165, 1.54) is 6.07 Å². The lowest BCUT2D eigenvalue weighted by Crippen LogP contribution is -2.50. The number of methoxy groups -OCH3 is 1. The Bertz CT molecular complexity index is 1020. The highest BCUT2D eigenvalue weighted by molar-refractivity contribution is 8.04. The Balaban J connectivity index is 1.53. The van der Waals surface area contributed by atoms with Crippen LogP contribution in [-0.4, -0.2) is 48.3 Å². The molecular formula is C26H29FN2O3S. The molecule has 0 spiro atoms. The van der Waals surface area contributed by atoms with Crippen LogP contribution in [0.2, 0.25) is 0 Å². The number of nitrogens with one attached hydrogen (secondary N) is 1. The molecule has 2 atom stereocenters. The first-order valence-electron chi connectivity index (χ1n) is 11.4. The van der Waals surface area contributed by atoms with Gasteiger partial charge in [-0.1, -0.05) is 43.2 Å². The highest BCUT2D eigenvalue weighted by Gasteiger charge is 2.40. The monoisotopic (exact) mass is 468 g/mol. The molecule has 0 bridgehead atoms. The number of amides is 2. The van der Waals surface area contributed by atoms with Gasteiger partial charge >= 0.3 is 0 Å². The second-order valence-corrected chi connectivity index (χ2v) is 9.69. The second kappa shape index (κ2) is 11.0. The number of fused-ring (bicyclic) bond motifs is 1. The van der Waals surface area contributed by atoms with E-state index in [0.29, 0.717) is 34.4 Å². The summed E-state index contributed by atoms with van der Waals surface area (Å²) in [5, 5.41) is 3.12. The van der Waals surface area contributed by atoms with Gasteiger partial charge in [0, 0.05) is 42.6 Å². The minimum Gasteiger partial charge on any atom is -0.383 e. The van der Waals surface area contributed by atoms with Gasteiger partial charge in [-0.3, -0.25) is 9.59 Å². The first-order chi connectivity index (χ1) is 16.1. The molecule has 1 N–H and O–H groups in total. The zero-order valence-corrected chi connectivity index (χ0v) is 19.6. The SMILES string of the molecule is COCCNC(=O)c1ccc(/C=C2\SC3CCCCC3N(Cc3ccccc3F)C2=O)cc1. The van der Waals surface area contributed by atoms with Crippen molar-refractivity contribution in [3.8, 4) is 0 Å². The molecule has 2 aromatic carbocycles. The normalized spacial score (nSPS) is 21.7. The Kier molecular flexibility index (Phi) is 7.83. The van der Waals surface area contributed by atoms with Gasteiger partial charge in [0.1, 0.15) is 5.82 Å². The second-order valence-electron chi connectivity index (χ2n) is 8.41. The summed E-state index contributed by atoms with van der Waals surface area (Å²) in [4.78, 5) is 28.2. The quantitative estimate of drug-likeness (QED) is 0.476. The fraction of sp³-hybridized carbons (Fsp3) is 0.385. The third-order valence-electron chi connectivity index (χ3n) is 6.18. The van der Waals surface area contributed by atoms with Crippen molar-refractivity contribution in [1.29, 1.82) is 0 Å². The summed E-state index contributed by atoms with van der Waals surface area (Å²) >= 11 is 1.64. The van der Waals surface area contributed by atoms with Crippen LogP contribution in [0.1, 0.15) is 47.2 Å². The van der Waals surface area contributed by atoms with Crippen LogP contribution in [0.4, 0.5) is 4.39 Å². The summed E-state index contributed by atoms with van der Waals surface area (Å²) in [6.45, 7) is 1.19. The van der Waals surface area contributed by atoms with Crippen LogP contribution >= 0.6 is 11.8 Å². The smallest absolute Gasteiger partial charge is 0.260 e. The molecule has 4 rings (SSSR count). The van der Waals surface area contributed by atoms with Crippen LogP contribution < -0.4 is 5.32 Å². The number of thioether (sulfide) groups is 1. The Morgan fingerprint density at radius 1 is 1.18 bits per heavy atom. The molecule has 174 valence electrons. The third kappa shape index (κ3) is 5.65. The summed E-state index contributed by atoms with van der Waals surface area (Å²) in [6.07, 6.45) is 6.14. The van der Waals surface area contributed by atoms with Crippen LogP contribution in [0, 0.1) is 5.82 Å². The molecule has 2 unspecified atom stereocenters. The third-order valence-corrected chi connectivity index (χ3v) is 7.58. The van der Waals surface area contributed by atoms with E-state index in [4.69, 9.17) is 4.74 Å². The van der Waals surface area contributed by atoms with Crippen LogP contribution in [0.25, 0.3) is 6.08 Å². The lowest BCUT2D eigenvalue weighted by atomic mass is 9.92. The fourth-order valence-corrected chi connectivity index (χ4v) is 5.90. The first kappa shape index (κ1) is 23.5. The first-order valence-corrected chi connectivity index (χ1v) is 12.2. The molecule has 0 aromatic heterocycles. The molecule has 2 amide bonds. The average molecular weight is 469 g/mol. The van der Waals surface area contributed by atoms with Crippen molar-refractivity contribution in [3.05, 3.63) is 75.9 Å². The molecule has 2 fully saturated rings. The number of benzene rings is 2. The van der Waals surface area contributed by atoms with Crippen LogP contribution in [0.15, 0.2) is 53.4 Å². The Morgan fingerprint density at radius 2 is 1.94 bits per heavy atom. The summed E-state index contributed by atoms with van der Waals surface area (Å²) in [5.41, 5.74) is 1.97. The summed E-state index contributed by atoms with van der Waals surface area (Å²) < 4.78 is 19.3. The standard InChI is InChI=1S/C26H29FN2O3S/c1-32-15-14-28-25(30)19-12-10-18(11-13-19)16-24-26(31)29(17-20-6-2-3-7-21(20)27)22-8-4-5-9-23(22)33-24/h2-3,6-7,10-13,16,22-23H,4-5,8-9,14-15,17H2,1H3,(H,28,30)/b24-16-. The number of nitrogens with zero attached hydrogens (tertiary/aromatic N) is 1. The number of hydrogen-bond donors (Lipinski definition) is 1. The Hall–Kier alpha value is -2.64. The van der Waals surface area contributed by atoms with Crippen LogP contribution in [0.5, 0.6) is 0 Å². The van der Waals surface area contributed by atoms with E-state index in [1.54, 1.807) is 43.1 Å². The molecule has 1 aliphatic heterocycles. The number of halogens is 1. The number of hydrogen-bond acceptors (Lipinski definition) is 4. The molecule has 33 heavy (non-hydrogen) atoms. The summed E-state index contributed by atoms with van der Waals surface area (Å²) in [6, 6.07) is 14.0. The van der Waals surface area contributed by atoms with Crippen LogP contribution in [-0.2, 0) is 16.1 Å². The highest BCUT2D eigenvalue weighted by atomic mass is 32.2. The minimum absolute atomic E-state index is 0.0483. The summed E-state index contributed by atoms with van der Waals surface area (Å²) in [5.74, 6) is -0.482. The molecule has 1 heterocycles. The van der Waals surface area contributed by atoms with Gasteiger partial charge in [0.25, 0.3) is 11.8 Å². The topological polar surface area (TPSA) is 58.6 Å². The van der Waals surface area contributed by atoms with E-state index < -0.39 is 0 Å². The lowest BCUT2D eigenvalue weighted by Gasteiger charge is -2.44. The lowest BCUT2D eigenvalue weighted by molar-refractivity contribution is -0.130. The fourth-order valence-electron chi connectivity index (χ4n) is 4.42. The number of ether oxygens (including phenoxy) is 1. The number of rotatable bonds is 7. The summed E-state index contributed by atoms with van der Waals surface area (Å²) in [7, 11) is 1.59. The van der Waals surface area contributed by atoms with E-state index in [0.717, 1.165) is 31.2 Å². The highest BCUT2D eigenvalue weighted by Crippen LogP contribution is 2.42. The van der Waals surface area contributed by atoms with Crippen molar-refractivity contribution in [2.24, 2.45) is 0 Å². The molecule has 7 heteroatoms. The number of carbonyl (C=O) groups excluding carboxylic acids is 2. The maximum Gasteiger partial charge on any atom is 0.260 e. The van der Waals surface area contributed by atoms with E-state index >= 15 is 0 Å². The van der Waals surface area contributed by atoms with Crippen LogP contribution in [0.3, 0.4) is 0 Å². The largest absolute Gasteiger partial charge is 0.383 e. The maximum atomic E-state index is 14.3. The zero-order valence-electron chi connectivity index (χ0n) is 18.8. The van der Waals surface area contributed by atoms with Crippen molar-refractivity contribution in [3.63, 3.8) is 0 Å². The van der Waals surface area contributed by atoms with Gasteiger partial charge in [-0.05, 0) is 42.7 Å². The Morgan fingerprint density at radius 3 is 2.70 bits per heavy atom. The van der Waals surface area contributed by atoms with Gasteiger partial charge in [0.2, 0.25) is 0 Å². The van der Waals surface area contributed by atoms with Gasteiger partial charge in [-0.15, -0.1) is 11.8 Å². The molecule has 1 saturated heterocycles. The molecule has 5 nitrogen and oxygen atoms in total. The molecular weight excluding hydrogens is 439 g/mol. The van der Waals surface area contributed by atoms with E-state index in [9.17, 15) is 14.0 Å². The van der Waals surface area contributed by atoms with E-state index in [1.807, 2.05) is 29.2 Å². The van der Waals surface area contributed by atoms with E-state index in [-0.39, 0.29) is 30.2 Å². The van der Waals surface area contributed by atoms with Crippen molar-refractivity contribution in [1.82, 2.24) is 10.2 Å². The number of carbonyl (C=O) groups is 2. The zero-order chi connectivity index (χ0) is 23.2. The Labute approximate surface area is 198 Å². The molecule has 1 aliphatic carbocycles. The average Bonchev–Trinajstić information content (AvgIpc) is 2.83. The van der Waals surface area contributed by atoms with Gasteiger partial charge in [-0.25, -0.2) is 4.39 Å². The van der Waals surface area contributed by atoms with Gasteiger partial charge in [0.15, 0.2) is 0 Å². The van der Waals surface area contributed by atoms with Crippen molar-refractivity contribution in [2.75, 3.05) is 20.3 Å². The predicted octanol–water partition coefficient (Wildman–Crippen LogP) is 4.63.